The van der Waals surface area contributed by atoms with E-state index in [1.54, 1.807) is 31.2 Å². The molecule has 0 unspecified atom stereocenters. The molecule has 2 aromatic rings. The van der Waals surface area contributed by atoms with Crippen LogP contribution in [0.15, 0.2) is 51.8 Å². The minimum absolute atomic E-state index is 0.00653. The van der Waals surface area contributed by atoms with Gasteiger partial charge in [-0.05, 0) is 71.6 Å². The second kappa shape index (κ2) is 7.44. The van der Waals surface area contributed by atoms with Crippen molar-refractivity contribution in [2.45, 2.75) is 25.2 Å². The van der Waals surface area contributed by atoms with Gasteiger partial charge in [0.2, 0.25) is 11.8 Å². The first-order chi connectivity index (χ1) is 12.7. The number of carbonyl (C=O) groups excluding carboxylic acids is 2. The molecule has 3 rings (SSSR count). The number of halogens is 1. The van der Waals surface area contributed by atoms with Crippen molar-refractivity contribution in [1.82, 2.24) is 4.72 Å². The Balaban J connectivity index is 1.77. The minimum atomic E-state index is -4.03. The van der Waals surface area contributed by atoms with E-state index >= 15 is 0 Å². The number of carbonyl (C=O) groups is 2. The summed E-state index contributed by atoms with van der Waals surface area (Å²) >= 11 is 3.39. The Bertz CT molecular complexity index is 1020. The topological polar surface area (TPSA) is 83.6 Å². The van der Waals surface area contributed by atoms with Gasteiger partial charge in [0.05, 0.1) is 10.6 Å². The van der Waals surface area contributed by atoms with Crippen LogP contribution in [-0.2, 0) is 19.6 Å². The average molecular weight is 451 g/mol. The lowest BCUT2D eigenvalue weighted by Crippen LogP contribution is -2.39. The molecular weight excluding hydrogens is 432 g/mol. The van der Waals surface area contributed by atoms with Gasteiger partial charge in [-0.2, -0.15) is 0 Å². The van der Waals surface area contributed by atoms with Gasteiger partial charge in [-0.15, -0.1) is 0 Å². The summed E-state index contributed by atoms with van der Waals surface area (Å²) in [4.78, 5) is 26.7. The zero-order valence-corrected chi connectivity index (χ0v) is 17.3. The molecule has 6 nitrogen and oxygen atoms in total. The number of hydrogen-bond donors (Lipinski definition) is 1. The van der Waals surface area contributed by atoms with Gasteiger partial charge >= 0.3 is 0 Å². The maximum absolute atomic E-state index is 12.7. The van der Waals surface area contributed by atoms with Crippen LogP contribution < -0.4 is 9.62 Å². The van der Waals surface area contributed by atoms with Crippen molar-refractivity contribution in [2.75, 3.05) is 11.4 Å². The lowest BCUT2D eigenvalue weighted by atomic mass is 10.1. The van der Waals surface area contributed by atoms with E-state index in [2.05, 4.69) is 20.7 Å². The second-order valence-corrected chi connectivity index (χ2v) is 9.04. The van der Waals surface area contributed by atoms with Gasteiger partial charge in [0, 0.05) is 11.0 Å². The Morgan fingerprint density at radius 3 is 2.52 bits per heavy atom. The Kier molecular flexibility index (Phi) is 5.39. The Hall–Kier alpha value is -2.19. The third-order valence-electron chi connectivity index (χ3n) is 4.69. The summed E-state index contributed by atoms with van der Waals surface area (Å²) in [6.45, 7) is 4.02. The first-order valence-corrected chi connectivity index (χ1v) is 10.7. The SMILES string of the molecule is Cc1ccc(S(=O)(=O)NC(=O)[C@@H]2CCN(c3ccccc3Br)C2=O)cc1C. The number of nitrogens with one attached hydrogen (secondary N) is 1. The highest BCUT2D eigenvalue weighted by Crippen LogP contribution is 2.31. The first kappa shape index (κ1) is 19.6. The van der Waals surface area contributed by atoms with Gasteiger partial charge < -0.3 is 4.90 Å². The molecule has 0 spiro atoms. The Morgan fingerprint density at radius 1 is 1.15 bits per heavy atom. The van der Waals surface area contributed by atoms with Crippen LogP contribution in [0.4, 0.5) is 5.69 Å². The molecule has 1 atom stereocenters. The summed E-state index contributed by atoms with van der Waals surface area (Å²) in [6, 6.07) is 11.8. The van der Waals surface area contributed by atoms with E-state index in [-0.39, 0.29) is 11.3 Å². The molecule has 1 saturated heterocycles. The van der Waals surface area contributed by atoms with Gasteiger partial charge in [-0.1, -0.05) is 18.2 Å². The summed E-state index contributed by atoms with van der Waals surface area (Å²) in [7, 11) is -4.03. The molecule has 1 aliphatic rings. The maximum Gasteiger partial charge on any atom is 0.264 e. The van der Waals surface area contributed by atoms with Crippen molar-refractivity contribution in [3.8, 4) is 0 Å². The number of benzene rings is 2. The van der Waals surface area contributed by atoms with Gasteiger partial charge in [0.15, 0.2) is 0 Å². The Labute approximate surface area is 166 Å². The van der Waals surface area contributed by atoms with Crippen molar-refractivity contribution in [2.24, 2.45) is 5.92 Å². The number of amides is 2. The number of aryl methyl sites for hydroxylation is 2. The smallest absolute Gasteiger partial charge is 0.264 e. The molecule has 142 valence electrons. The van der Waals surface area contributed by atoms with Crippen LogP contribution in [-0.4, -0.2) is 26.8 Å². The molecule has 0 aromatic heterocycles. The number of anilines is 1. The molecule has 0 bridgehead atoms. The van der Waals surface area contributed by atoms with E-state index in [9.17, 15) is 18.0 Å². The third kappa shape index (κ3) is 3.91. The van der Waals surface area contributed by atoms with Gasteiger partial charge in [0.1, 0.15) is 5.92 Å². The molecule has 0 radical (unpaired) electrons. The minimum Gasteiger partial charge on any atom is -0.311 e. The van der Waals surface area contributed by atoms with Gasteiger partial charge in [-0.25, -0.2) is 13.1 Å². The number of para-hydroxylation sites is 1. The maximum atomic E-state index is 12.7. The summed E-state index contributed by atoms with van der Waals surface area (Å²) in [5, 5.41) is 0. The zero-order chi connectivity index (χ0) is 19.8. The monoisotopic (exact) mass is 450 g/mol. The van der Waals surface area contributed by atoms with Crippen LogP contribution in [0.1, 0.15) is 17.5 Å². The van der Waals surface area contributed by atoms with Crippen molar-refractivity contribution in [3.05, 3.63) is 58.1 Å². The molecule has 1 N–H and O–H groups in total. The summed E-state index contributed by atoms with van der Waals surface area (Å²) in [5.74, 6) is -2.24. The fraction of sp³-hybridized carbons (Fsp3) is 0.263. The van der Waals surface area contributed by atoms with E-state index in [0.29, 0.717) is 12.2 Å². The van der Waals surface area contributed by atoms with Gasteiger partial charge in [0.25, 0.3) is 10.0 Å². The quantitative estimate of drug-likeness (QED) is 0.725. The zero-order valence-electron chi connectivity index (χ0n) is 14.9. The highest BCUT2D eigenvalue weighted by atomic mass is 79.9. The lowest BCUT2D eigenvalue weighted by molar-refractivity contribution is -0.130. The highest BCUT2D eigenvalue weighted by Gasteiger charge is 2.39. The third-order valence-corrected chi connectivity index (χ3v) is 6.70. The Morgan fingerprint density at radius 2 is 1.85 bits per heavy atom. The second-order valence-electron chi connectivity index (χ2n) is 6.50. The number of sulfonamides is 1. The molecule has 8 heteroatoms. The molecule has 1 aliphatic heterocycles. The lowest BCUT2D eigenvalue weighted by Gasteiger charge is -2.18. The van der Waals surface area contributed by atoms with E-state index in [4.69, 9.17) is 0 Å². The number of hydrogen-bond acceptors (Lipinski definition) is 4. The fourth-order valence-corrected chi connectivity index (χ4v) is 4.58. The molecule has 2 aromatic carbocycles. The molecule has 0 saturated carbocycles. The van der Waals surface area contributed by atoms with E-state index < -0.39 is 27.8 Å². The normalized spacial score (nSPS) is 17.2. The predicted molar refractivity (Wildman–Crippen MR) is 106 cm³/mol. The predicted octanol–water partition coefficient (Wildman–Crippen LogP) is 2.92. The largest absolute Gasteiger partial charge is 0.311 e. The van der Waals surface area contributed by atoms with Crippen LogP contribution in [0.5, 0.6) is 0 Å². The van der Waals surface area contributed by atoms with E-state index in [1.807, 2.05) is 13.0 Å². The molecule has 1 heterocycles. The number of rotatable bonds is 4. The van der Waals surface area contributed by atoms with Crippen molar-refractivity contribution >= 4 is 43.5 Å². The number of nitrogens with zero attached hydrogens (tertiary/aromatic N) is 1. The van der Waals surface area contributed by atoms with E-state index in [0.717, 1.165) is 15.6 Å². The van der Waals surface area contributed by atoms with Crippen LogP contribution in [0.25, 0.3) is 0 Å². The van der Waals surface area contributed by atoms with Crippen molar-refractivity contribution in [3.63, 3.8) is 0 Å². The van der Waals surface area contributed by atoms with Crippen LogP contribution >= 0.6 is 15.9 Å². The summed E-state index contributed by atoms with van der Waals surface area (Å²) < 4.78 is 27.8. The van der Waals surface area contributed by atoms with Crippen molar-refractivity contribution < 1.29 is 18.0 Å². The van der Waals surface area contributed by atoms with E-state index in [1.165, 1.54) is 17.0 Å². The molecule has 27 heavy (non-hydrogen) atoms. The summed E-state index contributed by atoms with van der Waals surface area (Å²) in [5.41, 5.74) is 2.42. The fourth-order valence-electron chi connectivity index (χ4n) is 2.98. The summed E-state index contributed by atoms with van der Waals surface area (Å²) in [6.07, 6.45) is 0.258. The van der Waals surface area contributed by atoms with Crippen LogP contribution in [0, 0.1) is 19.8 Å². The molecule has 1 fully saturated rings. The average Bonchev–Trinajstić information content (AvgIpc) is 2.99. The first-order valence-electron chi connectivity index (χ1n) is 8.40. The molecule has 0 aliphatic carbocycles. The van der Waals surface area contributed by atoms with Crippen molar-refractivity contribution in [1.29, 1.82) is 0 Å². The standard InChI is InChI=1S/C19H19BrN2O4S/c1-12-7-8-14(11-13(12)2)27(25,26)21-18(23)15-9-10-22(19(15)24)17-6-4-3-5-16(17)20/h3-8,11,15H,9-10H2,1-2H3,(H,21,23)/t15-/m0/s1. The highest BCUT2D eigenvalue weighted by molar-refractivity contribution is 9.10. The van der Waals surface area contributed by atoms with Crippen LogP contribution in [0.3, 0.4) is 0 Å². The molecular formula is C19H19BrN2O4S. The van der Waals surface area contributed by atoms with Gasteiger partial charge in [-0.3, -0.25) is 9.59 Å². The molecule has 2 amide bonds. The van der Waals surface area contributed by atoms with Crippen LogP contribution in [0.2, 0.25) is 0 Å².